The van der Waals surface area contributed by atoms with Crippen molar-refractivity contribution < 1.29 is 13.2 Å². The average Bonchev–Trinajstić information content (AvgIpc) is 3.13. The van der Waals surface area contributed by atoms with Gasteiger partial charge in [-0.2, -0.15) is 0 Å². The van der Waals surface area contributed by atoms with E-state index in [-0.39, 0.29) is 6.03 Å². The van der Waals surface area contributed by atoms with E-state index in [0.717, 1.165) is 11.8 Å². The van der Waals surface area contributed by atoms with E-state index >= 15 is 0 Å². The van der Waals surface area contributed by atoms with Gasteiger partial charge < -0.3 is 10.6 Å². The molecular formula is C13H19N3O3S. The highest BCUT2D eigenvalue weighted by Gasteiger charge is 2.21. The van der Waals surface area contributed by atoms with Crippen LogP contribution in [0.25, 0.3) is 0 Å². The van der Waals surface area contributed by atoms with E-state index in [0.29, 0.717) is 23.8 Å². The highest BCUT2D eigenvalue weighted by molar-refractivity contribution is 7.92. The molecular weight excluding hydrogens is 278 g/mol. The van der Waals surface area contributed by atoms with Crippen LogP contribution >= 0.6 is 0 Å². The second-order valence-corrected chi connectivity index (χ2v) is 6.93. The van der Waals surface area contributed by atoms with Crippen LogP contribution in [0.5, 0.6) is 0 Å². The molecule has 1 aromatic rings. The molecule has 0 aliphatic heterocycles. The van der Waals surface area contributed by atoms with Crippen molar-refractivity contribution in [3.05, 3.63) is 23.8 Å². The van der Waals surface area contributed by atoms with E-state index in [9.17, 15) is 13.2 Å². The van der Waals surface area contributed by atoms with E-state index in [4.69, 9.17) is 0 Å². The second-order valence-electron chi connectivity index (χ2n) is 5.18. The van der Waals surface area contributed by atoms with Crippen LogP contribution in [0.1, 0.15) is 18.4 Å². The standard InChI is InChI=1S/C13H19N3O3S/c1-9-3-6-11(16-20(2,18)19)7-12(9)15-13(17)14-8-10-4-5-10/h3,6-7,10,16H,4-5,8H2,1-2H3,(H2,14,15,17). The van der Waals surface area contributed by atoms with Crippen molar-refractivity contribution in [3.8, 4) is 0 Å². The molecule has 6 nitrogen and oxygen atoms in total. The molecule has 1 fully saturated rings. The minimum atomic E-state index is -3.33. The Morgan fingerprint density at radius 2 is 2.05 bits per heavy atom. The maximum absolute atomic E-state index is 11.7. The summed E-state index contributed by atoms with van der Waals surface area (Å²) < 4.78 is 24.8. The minimum absolute atomic E-state index is 0.267. The van der Waals surface area contributed by atoms with Crippen molar-refractivity contribution in [2.45, 2.75) is 19.8 Å². The normalized spacial score (nSPS) is 14.7. The van der Waals surface area contributed by atoms with Gasteiger partial charge in [0.15, 0.2) is 0 Å². The Morgan fingerprint density at radius 1 is 1.35 bits per heavy atom. The molecule has 0 aromatic heterocycles. The fraction of sp³-hybridized carbons (Fsp3) is 0.462. The van der Waals surface area contributed by atoms with Crippen molar-refractivity contribution in [1.82, 2.24) is 5.32 Å². The zero-order valence-electron chi connectivity index (χ0n) is 11.6. The summed E-state index contributed by atoms with van der Waals surface area (Å²) in [5.74, 6) is 0.611. The molecule has 7 heteroatoms. The molecule has 1 aliphatic carbocycles. The molecule has 1 aliphatic rings. The van der Waals surface area contributed by atoms with Crippen LogP contribution in [-0.4, -0.2) is 27.2 Å². The Hall–Kier alpha value is -1.76. The molecule has 110 valence electrons. The van der Waals surface area contributed by atoms with Gasteiger partial charge in [0.05, 0.1) is 11.9 Å². The predicted octanol–water partition coefficient (Wildman–Crippen LogP) is 1.90. The molecule has 1 saturated carbocycles. The molecule has 0 radical (unpaired) electrons. The van der Waals surface area contributed by atoms with Gasteiger partial charge in [-0.25, -0.2) is 13.2 Å². The van der Waals surface area contributed by atoms with Crippen molar-refractivity contribution in [2.24, 2.45) is 5.92 Å². The lowest BCUT2D eigenvalue weighted by molar-refractivity contribution is 0.251. The first kappa shape index (κ1) is 14.6. The Kier molecular flexibility index (Phi) is 4.17. The van der Waals surface area contributed by atoms with Crippen LogP contribution in [0.3, 0.4) is 0 Å². The summed E-state index contributed by atoms with van der Waals surface area (Å²) in [4.78, 5) is 11.7. The number of rotatable bonds is 5. The Labute approximate surface area is 119 Å². The van der Waals surface area contributed by atoms with Gasteiger partial charge >= 0.3 is 6.03 Å². The third kappa shape index (κ3) is 4.73. The maximum Gasteiger partial charge on any atom is 0.319 e. The van der Waals surface area contributed by atoms with Gasteiger partial charge in [-0.15, -0.1) is 0 Å². The molecule has 20 heavy (non-hydrogen) atoms. The summed E-state index contributed by atoms with van der Waals surface area (Å²) in [5, 5.41) is 5.53. The van der Waals surface area contributed by atoms with E-state index in [2.05, 4.69) is 15.4 Å². The topological polar surface area (TPSA) is 87.3 Å². The number of benzene rings is 1. The van der Waals surface area contributed by atoms with E-state index < -0.39 is 10.0 Å². The zero-order valence-corrected chi connectivity index (χ0v) is 12.4. The van der Waals surface area contributed by atoms with Gasteiger partial charge in [-0.3, -0.25) is 4.72 Å². The first-order valence-corrected chi connectivity index (χ1v) is 8.36. The lowest BCUT2D eigenvalue weighted by Gasteiger charge is -2.12. The third-order valence-corrected chi connectivity index (χ3v) is 3.64. The summed E-state index contributed by atoms with van der Waals surface area (Å²) in [5.41, 5.74) is 1.88. The molecule has 0 bridgehead atoms. The summed E-state index contributed by atoms with van der Waals surface area (Å²) >= 11 is 0. The number of carbonyl (C=O) groups excluding carboxylic acids is 1. The Morgan fingerprint density at radius 3 is 2.65 bits per heavy atom. The molecule has 1 aromatic carbocycles. The molecule has 2 amide bonds. The molecule has 0 atom stereocenters. The number of aryl methyl sites for hydroxylation is 1. The first-order valence-electron chi connectivity index (χ1n) is 6.47. The van der Waals surface area contributed by atoms with Crippen molar-refractivity contribution in [3.63, 3.8) is 0 Å². The maximum atomic E-state index is 11.7. The van der Waals surface area contributed by atoms with Gasteiger partial charge in [0, 0.05) is 12.2 Å². The number of hydrogen-bond acceptors (Lipinski definition) is 3. The van der Waals surface area contributed by atoms with Crippen LogP contribution in [0.15, 0.2) is 18.2 Å². The SMILES string of the molecule is Cc1ccc(NS(C)(=O)=O)cc1NC(=O)NCC1CC1. The number of hydrogen-bond donors (Lipinski definition) is 3. The fourth-order valence-electron chi connectivity index (χ4n) is 1.76. The van der Waals surface area contributed by atoms with Gasteiger partial charge in [0.2, 0.25) is 10.0 Å². The smallest absolute Gasteiger partial charge is 0.319 e. The van der Waals surface area contributed by atoms with Crippen LogP contribution in [0, 0.1) is 12.8 Å². The number of anilines is 2. The van der Waals surface area contributed by atoms with Gasteiger partial charge in [-0.05, 0) is 43.4 Å². The number of urea groups is 1. The molecule has 0 saturated heterocycles. The molecule has 3 N–H and O–H groups in total. The Bertz CT molecular complexity index is 609. The molecule has 0 heterocycles. The summed E-state index contributed by atoms with van der Waals surface area (Å²) in [7, 11) is -3.33. The van der Waals surface area contributed by atoms with Crippen molar-refractivity contribution in [1.29, 1.82) is 0 Å². The number of nitrogens with one attached hydrogen (secondary N) is 3. The third-order valence-electron chi connectivity index (χ3n) is 3.04. The fourth-order valence-corrected chi connectivity index (χ4v) is 2.31. The predicted molar refractivity (Wildman–Crippen MR) is 79.4 cm³/mol. The number of carbonyl (C=O) groups is 1. The largest absolute Gasteiger partial charge is 0.338 e. The van der Waals surface area contributed by atoms with Crippen LogP contribution < -0.4 is 15.4 Å². The molecule has 2 rings (SSSR count). The van der Waals surface area contributed by atoms with E-state index in [1.807, 2.05) is 6.92 Å². The second kappa shape index (κ2) is 5.70. The number of amides is 2. The Balaban J connectivity index is 2.01. The van der Waals surface area contributed by atoms with Crippen LogP contribution in [-0.2, 0) is 10.0 Å². The van der Waals surface area contributed by atoms with Gasteiger partial charge in [-0.1, -0.05) is 6.07 Å². The van der Waals surface area contributed by atoms with Gasteiger partial charge in [0.25, 0.3) is 0 Å². The zero-order chi connectivity index (χ0) is 14.8. The summed E-state index contributed by atoms with van der Waals surface area (Å²) in [6.45, 7) is 2.53. The van der Waals surface area contributed by atoms with Gasteiger partial charge in [0.1, 0.15) is 0 Å². The quantitative estimate of drug-likeness (QED) is 0.775. The summed E-state index contributed by atoms with van der Waals surface area (Å²) in [6.07, 6.45) is 3.43. The lowest BCUT2D eigenvalue weighted by atomic mass is 10.2. The summed E-state index contributed by atoms with van der Waals surface area (Å²) in [6, 6.07) is 4.75. The van der Waals surface area contributed by atoms with Crippen LogP contribution in [0.4, 0.5) is 16.2 Å². The average molecular weight is 297 g/mol. The van der Waals surface area contributed by atoms with Crippen LogP contribution in [0.2, 0.25) is 0 Å². The molecule has 0 unspecified atom stereocenters. The number of sulfonamides is 1. The minimum Gasteiger partial charge on any atom is -0.338 e. The lowest BCUT2D eigenvalue weighted by Crippen LogP contribution is -2.30. The highest BCUT2D eigenvalue weighted by atomic mass is 32.2. The molecule has 0 spiro atoms. The van der Waals surface area contributed by atoms with Crippen molar-refractivity contribution >= 4 is 27.4 Å². The van der Waals surface area contributed by atoms with E-state index in [1.54, 1.807) is 18.2 Å². The monoisotopic (exact) mass is 297 g/mol. The highest BCUT2D eigenvalue weighted by Crippen LogP contribution is 2.27. The first-order chi connectivity index (χ1) is 9.33. The van der Waals surface area contributed by atoms with Crippen molar-refractivity contribution in [2.75, 3.05) is 22.8 Å². The van der Waals surface area contributed by atoms with E-state index in [1.165, 1.54) is 12.8 Å².